The van der Waals surface area contributed by atoms with E-state index < -0.39 is 9.84 Å². The van der Waals surface area contributed by atoms with E-state index in [0.717, 1.165) is 10.2 Å². The first-order valence-corrected chi connectivity index (χ1v) is 9.95. The van der Waals surface area contributed by atoms with Crippen LogP contribution in [0.15, 0.2) is 28.7 Å². The first kappa shape index (κ1) is 17.3. The average molecular weight is 390 g/mol. The molecular formula is C15H20BrNO4S. The highest BCUT2D eigenvalue weighted by Crippen LogP contribution is 2.23. The molecule has 1 fully saturated rings. The molecule has 1 heterocycles. The van der Waals surface area contributed by atoms with E-state index in [1.165, 1.54) is 0 Å². The number of hydrogen-bond acceptors (Lipinski definition) is 4. The van der Waals surface area contributed by atoms with Gasteiger partial charge in [0.2, 0.25) is 5.91 Å². The second kappa shape index (κ2) is 7.97. The van der Waals surface area contributed by atoms with Crippen LogP contribution in [0, 0.1) is 0 Å². The van der Waals surface area contributed by atoms with Gasteiger partial charge in [0.05, 0.1) is 22.6 Å². The van der Waals surface area contributed by atoms with Crippen LogP contribution in [0.1, 0.15) is 25.7 Å². The zero-order valence-electron chi connectivity index (χ0n) is 12.3. The fourth-order valence-electron chi connectivity index (χ4n) is 2.31. The second-order valence-corrected chi connectivity index (χ2v) is 8.53. The van der Waals surface area contributed by atoms with Crippen molar-refractivity contribution in [1.29, 1.82) is 0 Å². The number of halogens is 1. The molecule has 1 aliphatic heterocycles. The molecule has 1 saturated heterocycles. The molecule has 0 unspecified atom stereocenters. The molecule has 0 bridgehead atoms. The third-order valence-electron chi connectivity index (χ3n) is 3.56. The minimum atomic E-state index is -2.88. The predicted molar refractivity (Wildman–Crippen MR) is 88.7 cm³/mol. The maximum Gasteiger partial charge on any atom is 0.220 e. The lowest BCUT2D eigenvalue weighted by Crippen LogP contribution is -2.40. The molecule has 0 aliphatic carbocycles. The van der Waals surface area contributed by atoms with Gasteiger partial charge < -0.3 is 10.1 Å². The Bertz CT molecular complexity index is 604. The summed E-state index contributed by atoms with van der Waals surface area (Å²) in [6.45, 7) is 0.467. The molecule has 5 nitrogen and oxygen atoms in total. The highest BCUT2D eigenvalue weighted by molar-refractivity contribution is 9.10. The van der Waals surface area contributed by atoms with Crippen molar-refractivity contribution >= 4 is 31.7 Å². The number of sulfone groups is 1. The fourth-order valence-corrected chi connectivity index (χ4v) is 4.20. The van der Waals surface area contributed by atoms with Crippen LogP contribution in [-0.2, 0) is 14.6 Å². The van der Waals surface area contributed by atoms with Gasteiger partial charge in [-0.2, -0.15) is 0 Å². The molecule has 1 amide bonds. The van der Waals surface area contributed by atoms with Crippen LogP contribution in [0.25, 0.3) is 0 Å². The minimum Gasteiger partial charge on any atom is -0.492 e. The van der Waals surface area contributed by atoms with E-state index in [0.29, 0.717) is 32.3 Å². The summed E-state index contributed by atoms with van der Waals surface area (Å²) in [6.07, 6.45) is 2.04. The Labute approximate surface area is 139 Å². The van der Waals surface area contributed by atoms with Gasteiger partial charge in [0.1, 0.15) is 15.6 Å². The molecule has 0 spiro atoms. The lowest BCUT2D eigenvalue weighted by Gasteiger charge is -2.23. The number of benzene rings is 1. The van der Waals surface area contributed by atoms with Crippen LogP contribution in [0.2, 0.25) is 0 Å². The monoisotopic (exact) mass is 389 g/mol. The smallest absolute Gasteiger partial charge is 0.220 e. The minimum absolute atomic E-state index is 0.0137. The Hall–Kier alpha value is -1.08. The van der Waals surface area contributed by atoms with E-state index in [4.69, 9.17) is 4.74 Å². The van der Waals surface area contributed by atoms with Crippen LogP contribution in [-0.4, -0.2) is 38.5 Å². The highest BCUT2D eigenvalue weighted by Gasteiger charge is 2.24. The Morgan fingerprint density at radius 2 is 1.95 bits per heavy atom. The van der Waals surface area contributed by atoms with E-state index in [-0.39, 0.29) is 23.5 Å². The lowest BCUT2D eigenvalue weighted by atomic mass is 10.1. The molecule has 122 valence electrons. The van der Waals surface area contributed by atoms with Gasteiger partial charge in [-0.15, -0.1) is 0 Å². The summed E-state index contributed by atoms with van der Waals surface area (Å²) in [6, 6.07) is 7.56. The van der Waals surface area contributed by atoms with Crippen molar-refractivity contribution in [2.75, 3.05) is 18.1 Å². The maximum absolute atomic E-state index is 11.8. The highest BCUT2D eigenvalue weighted by atomic mass is 79.9. The van der Waals surface area contributed by atoms with E-state index in [2.05, 4.69) is 21.2 Å². The quantitative estimate of drug-likeness (QED) is 0.757. The van der Waals surface area contributed by atoms with E-state index in [9.17, 15) is 13.2 Å². The third-order valence-corrected chi connectivity index (χ3v) is 5.93. The molecule has 0 aromatic heterocycles. The zero-order chi connectivity index (χ0) is 16.0. The number of carbonyl (C=O) groups is 1. The van der Waals surface area contributed by atoms with E-state index in [1.807, 2.05) is 24.3 Å². The van der Waals surface area contributed by atoms with Gasteiger partial charge in [-0.25, -0.2) is 8.42 Å². The fraction of sp³-hybridized carbons (Fsp3) is 0.533. The molecular weight excluding hydrogens is 370 g/mol. The van der Waals surface area contributed by atoms with Gasteiger partial charge >= 0.3 is 0 Å². The molecule has 1 aromatic carbocycles. The van der Waals surface area contributed by atoms with E-state index >= 15 is 0 Å². The summed E-state index contributed by atoms with van der Waals surface area (Å²) in [5.74, 6) is 1.06. The number of carbonyl (C=O) groups excluding carboxylic acids is 1. The summed E-state index contributed by atoms with van der Waals surface area (Å²) >= 11 is 3.40. The summed E-state index contributed by atoms with van der Waals surface area (Å²) in [5.41, 5.74) is 0. The predicted octanol–water partition coefficient (Wildman–Crippen LogP) is 2.30. The molecule has 1 aliphatic rings. The molecule has 2 rings (SSSR count). The van der Waals surface area contributed by atoms with E-state index in [1.54, 1.807) is 0 Å². The van der Waals surface area contributed by atoms with Gasteiger partial charge in [0, 0.05) is 12.5 Å². The van der Waals surface area contributed by atoms with Gasteiger partial charge in [-0.05, 0) is 47.3 Å². The normalized spacial score (nSPS) is 17.9. The Morgan fingerprint density at radius 3 is 2.64 bits per heavy atom. The molecule has 0 saturated carbocycles. The second-order valence-electron chi connectivity index (χ2n) is 5.38. The zero-order valence-corrected chi connectivity index (χ0v) is 14.7. The molecule has 1 aromatic rings. The maximum atomic E-state index is 11.8. The first-order valence-electron chi connectivity index (χ1n) is 7.33. The standard InChI is InChI=1S/C15H20BrNO4S/c16-13-4-1-2-5-14(13)21-9-3-6-15(18)17-12-7-10-22(19,20)11-8-12/h1-2,4-5,12H,3,6-11H2,(H,17,18). The first-order chi connectivity index (χ1) is 10.5. The van der Waals surface area contributed by atoms with Crippen LogP contribution in [0.3, 0.4) is 0 Å². The largest absolute Gasteiger partial charge is 0.492 e. The number of hydrogen-bond donors (Lipinski definition) is 1. The topological polar surface area (TPSA) is 72.5 Å². The Balaban J connectivity index is 1.63. The molecule has 1 N–H and O–H groups in total. The van der Waals surface area contributed by atoms with Crippen molar-refractivity contribution in [3.63, 3.8) is 0 Å². The molecule has 0 radical (unpaired) electrons. The Kier molecular flexibility index (Phi) is 6.26. The van der Waals surface area contributed by atoms with Crippen LogP contribution in [0.4, 0.5) is 0 Å². The van der Waals surface area contributed by atoms with Crippen LogP contribution >= 0.6 is 15.9 Å². The van der Waals surface area contributed by atoms with Crippen molar-refractivity contribution in [2.45, 2.75) is 31.7 Å². The van der Waals surface area contributed by atoms with Crippen molar-refractivity contribution in [1.82, 2.24) is 5.32 Å². The number of rotatable bonds is 6. The Morgan fingerprint density at radius 1 is 1.27 bits per heavy atom. The van der Waals surface area contributed by atoms with Gasteiger partial charge in [0.15, 0.2) is 0 Å². The molecule has 0 atom stereocenters. The van der Waals surface area contributed by atoms with Crippen molar-refractivity contribution in [3.05, 3.63) is 28.7 Å². The molecule has 22 heavy (non-hydrogen) atoms. The van der Waals surface area contributed by atoms with Crippen molar-refractivity contribution in [3.8, 4) is 5.75 Å². The third kappa shape index (κ3) is 5.61. The molecule has 7 heteroatoms. The summed E-state index contributed by atoms with van der Waals surface area (Å²) in [5, 5.41) is 2.90. The summed E-state index contributed by atoms with van der Waals surface area (Å²) in [4.78, 5) is 11.8. The van der Waals surface area contributed by atoms with Crippen molar-refractivity contribution < 1.29 is 17.9 Å². The summed E-state index contributed by atoms with van der Waals surface area (Å²) < 4.78 is 29.1. The van der Waals surface area contributed by atoms with Crippen LogP contribution in [0.5, 0.6) is 5.75 Å². The lowest BCUT2D eigenvalue weighted by molar-refractivity contribution is -0.122. The number of para-hydroxylation sites is 1. The SMILES string of the molecule is O=C(CCCOc1ccccc1Br)NC1CCS(=O)(=O)CC1. The van der Waals surface area contributed by atoms with Crippen LogP contribution < -0.4 is 10.1 Å². The number of amides is 1. The summed E-state index contributed by atoms with van der Waals surface area (Å²) in [7, 11) is -2.88. The van der Waals surface area contributed by atoms with Gasteiger partial charge in [0.25, 0.3) is 0 Å². The average Bonchev–Trinajstić information content (AvgIpc) is 2.47. The van der Waals surface area contributed by atoms with Gasteiger partial charge in [-0.1, -0.05) is 12.1 Å². The number of nitrogens with one attached hydrogen (secondary N) is 1. The van der Waals surface area contributed by atoms with Crippen molar-refractivity contribution in [2.24, 2.45) is 0 Å². The number of ether oxygens (including phenoxy) is 1. The van der Waals surface area contributed by atoms with Gasteiger partial charge in [-0.3, -0.25) is 4.79 Å².